The van der Waals surface area contributed by atoms with Crippen LogP contribution in [0.15, 0.2) is 12.1 Å². The van der Waals surface area contributed by atoms with Crippen molar-refractivity contribution in [1.29, 1.82) is 0 Å². The summed E-state index contributed by atoms with van der Waals surface area (Å²) in [5, 5.41) is 0.696. The van der Waals surface area contributed by atoms with Crippen molar-refractivity contribution >= 4 is 17.4 Å². The lowest BCUT2D eigenvalue weighted by Gasteiger charge is -2.06. The van der Waals surface area contributed by atoms with Gasteiger partial charge in [0, 0.05) is 17.0 Å². The molecule has 68 valence electrons. The van der Waals surface area contributed by atoms with Gasteiger partial charge < -0.3 is 0 Å². The summed E-state index contributed by atoms with van der Waals surface area (Å²) in [5.41, 5.74) is 2.96. The number of ketones is 1. The van der Waals surface area contributed by atoms with Gasteiger partial charge in [-0.05, 0) is 30.0 Å². The first-order chi connectivity index (χ1) is 6.11. The van der Waals surface area contributed by atoms with Crippen molar-refractivity contribution in [1.82, 2.24) is 0 Å². The smallest absolute Gasteiger partial charge is 0.164 e. The Morgan fingerprint density at radius 2 is 2.15 bits per heavy atom. The van der Waals surface area contributed by atoms with Crippen LogP contribution < -0.4 is 0 Å². The summed E-state index contributed by atoms with van der Waals surface area (Å²) in [6.07, 6.45) is 0.635. The molecule has 1 atom stereocenters. The second-order valence-corrected chi connectivity index (χ2v) is 4.07. The predicted molar refractivity (Wildman–Crippen MR) is 53.6 cm³/mol. The minimum atomic E-state index is 0.238. The Balaban J connectivity index is 2.71. The molecule has 0 radical (unpaired) electrons. The van der Waals surface area contributed by atoms with Crippen molar-refractivity contribution in [2.45, 2.75) is 26.2 Å². The molecule has 1 nitrogen and oxygen atoms in total. The van der Waals surface area contributed by atoms with E-state index in [9.17, 15) is 4.79 Å². The van der Waals surface area contributed by atoms with Gasteiger partial charge in [-0.15, -0.1) is 0 Å². The van der Waals surface area contributed by atoms with Gasteiger partial charge >= 0.3 is 0 Å². The molecular weight excluding hydrogens is 184 g/mol. The summed E-state index contributed by atoms with van der Waals surface area (Å²) >= 11 is 5.95. The highest BCUT2D eigenvalue weighted by molar-refractivity contribution is 6.32. The molecule has 0 fully saturated rings. The summed E-state index contributed by atoms with van der Waals surface area (Å²) in [7, 11) is 0. The first-order valence-corrected chi connectivity index (χ1v) is 4.81. The standard InChI is InChI=1S/C11H11ClO/c1-6-5-10(13)11-7(2)9(12)4-3-8(6)11/h3-4,6H,5H2,1-2H3. The molecule has 1 unspecified atom stereocenters. The Labute approximate surface area is 82.7 Å². The average molecular weight is 195 g/mol. The van der Waals surface area contributed by atoms with Crippen LogP contribution in [0.2, 0.25) is 5.02 Å². The lowest BCUT2D eigenvalue weighted by atomic mass is 10.0. The normalized spacial score (nSPS) is 20.5. The first-order valence-electron chi connectivity index (χ1n) is 4.43. The number of fused-ring (bicyclic) bond motifs is 1. The molecule has 1 aromatic rings. The fourth-order valence-corrected chi connectivity index (χ4v) is 2.14. The average Bonchev–Trinajstić information content (AvgIpc) is 2.35. The lowest BCUT2D eigenvalue weighted by Crippen LogP contribution is -1.95. The van der Waals surface area contributed by atoms with Crippen molar-refractivity contribution in [3.05, 3.63) is 33.8 Å². The van der Waals surface area contributed by atoms with Gasteiger partial charge in [0.05, 0.1) is 0 Å². The molecule has 0 amide bonds. The zero-order chi connectivity index (χ0) is 9.59. The number of benzene rings is 1. The van der Waals surface area contributed by atoms with E-state index in [0.717, 1.165) is 16.7 Å². The lowest BCUT2D eigenvalue weighted by molar-refractivity contribution is 0.0989. The zero-order valence-electron chi connectivity index (χ0n) is 7.73. The maximum absolute atomic E-state index is 11.6. The molecule has 0 N–H and O–H groups in total. The van der Waals surface area contributed by atoms with E-state index in [4.69, 9.17) is 11.6 Å². The first kappa shape index (κ1) is 8.76. The molecule has 1 aromatic carbocycles. The van der Waals surface area contributed by atoms with Crippen molar-refractivity contribution < 1.29 is 4.79 Å². The molecule has 13 heavy (non-hydrogen) atoms. The number of carbonyl (C=O) groups is 1. The summed E-state index contributed by atoms with van der Waals surface area (Å²) in [5.74, 6) is 0.598. The molecule has 0 saturated carbocycles. The number of halogens is 1. The molecule has 2 rings (SSSR count). The highest BCUT2D eigenvalue weighted by Crippen LogP contribution is 2.36. The molecule has 0 saturated heterocycles. The second-order valence-electron chi connectivity index (χ2n) is 3.66. The SMILES string of the molecule is Cc1c(Cl)ccc2c1C(=O)CC2C. The number of hydrogen-bond acceptors (Lipinski definition) is 1. The Bertz CT molecular complexity index is 382. The second kappa shape index (κ2) is 2.85. The number of carbonyl (C=O) groups excluding carboxylic acids is 1. The maximum atomic E-state index is 11.6. The van der Waals surface area contributed by atoms with Crippen LogP contribution in [0.5, 0.6) is 0 Å². The predicted octanol–water partition coefficient (Wildman–Crippen LogP) is 3.34. The fourth-order valence-electron chi connectivity index (χ4n) is 1.98. The summed E-state index contributed by atoms with van der Waals surface area (Å²) in [6.45, 7) is 3.99. The van der Waals surface area contributed by atoms with Gasteiger partial charge in [-0.1, -0.05) is 24.6 Å². The number of Topliss-reactive ketones (excluding diaryl/α,β-unsaturated/α-hetero) is 1. The molecule has 0 bridgehead atoms. The monoisotopic (exact) mass is 194 g/mol. The van der Waals surface area contributed by atoms with Crippen LogP contribution in [0.3, 0.4) is 0 Å². The van der Waals surface area contributed by atoms with Crippen LogP contribution in [0.1, 0.15) is 40.7 Å². The van der Waals surface area contributed by atoms with Crippen LogP contribution in [0, 0.1) is 6.92 Å². The van der Waals surface area contributed by atoms with E-state index in [1.165, 1.54) is 0 Å². The molecule has 0 aliphatic heterocycles. The summed E-state index contributed by atoms with van der Waals surface area (Å²) in [4.78, 5) is 11.6. The number of hydrogen-bond donors (Lipinski definition) is 0. The maximum Gasteiger partial charge on any atom is 0.164 e. The van der Waals surface area contributed by atoms with E-state index in [2.05, 4.69) is 6.92 Å². The van der Waals surface area contributed by atoms with Gasteiger partial charge in [0.15, 0.2) is 5.78 Å². The zero-order valence-corrected chi connectivity index (χ0v) is 8.48. The van der Waals surface area contributed by atoms with Crippen LogP contribution >= 0.6 is 11.6 Å². The van der Waals surface area contributed by atoms with Crippen LogP contribution in [-0.4, -0.2) is 5.78 Å². The van der Waals surface area contributed by atoms with Crippen molar-refractivity contribution in [3.8, 4) is 0 Å². The van der Waals surface area contributed by atoms with E-state index in [1.54, 1.807) is 0 Å². The van der Waals surface area contributed by atoms with Crippen LogP contribution in [0.25, 0.3) is 0 Å². The van der Waals surface area contributed by atoms with E-state index >= 15 is 0 Å². The number of rotatable bonds is 0. The molecule has 0 heterocycles. The summed E-state index contributed by atoms with van der Waals surface area (Å²) < 4.78 is 0. The quantitative estimate of drug-likeness (QED) is 0.619. The third-order valence-corrected chi connectivity index (χ3v) is 3.14. The van der Waals surface area contributed by atoms with E-state index in [-0.39, 0.29) is 5.78 Å². The largest absolute Gasteiger partial charge is 0.294 e. The fraction of sp³-hybridized carbons (Fsp3) is 0.364. The van der Waals surface area contributed by atoms with E-state index in [1.807, 2.05) is 19.1 Å². The van der Waals surface area contributed by atoms with Gasteiger partial charge in [-0.25, -0.2) is 0 Å². The third kappa shape index (κ3) is 1.19. The highest BCUT2D eigenvalue weighted by atomic mass is 35.5. The Morgan fingerprint density at radius 3 is 2.85 bits per heavy atom. The highest BCUT2D eigenvalue weighted by Gasteiger charge is 2.28. The van der Waals surface area contributed by atoms with Crippen LogP contribution in [-0.2, 0) is 0 Å². The minimum absolute atomic E-state index is 0.238. The Kier molecular flexibility index (Phi) is 1.92. The summed E-state index contributed by atoms with van der Waals surface area (Å²) in [6, 6.07) is 3.85. The van der Waals surface area contributed by atoms with Crippen molar-refractivity contribution in [3.63, 3.8) is 0 Å². The third-order valence-electron chi connectivity index (χ3n) is 2.73. The van der Waals surface area contributed by atoms with Crippen molar-refractivity contribution in [2.24, 2.45) is 0 Å². The molecule has 0 aromatic heterocycles. The molecule has 1 aliphatic rings. The van der Waals surface area contributed by atoms with E-state index in [0.29, 0.717) is 17.4 Å². The van der Waals surface area contributed by atoms with Gasteiger partial charge in [0.1, 0.15) is 0 Å². The Morgan fingerprint density at radius 1 is 1.46 bits per heavy atom. The molecule has 0 spiro atoms. The Hall–Kier alpha value is -0.820. The molecular formula is C11H11ClO. The minimum Gasteiger partial charge on any atom is -0.294 e. The van der Waals surface area contributed by atoms with Crippen LogP contribution in [0.4, 0.5) is 0 Å². The van der Waals surface area contributed by atoms with Gasteiger partial charge in [-0.3, -0.25) is 4.79 Å². The van der Waals surface area contributed by atoms with Gasteiger partial charge in [0.25, 0.3) is 0 Å². The van der Waals surface area contributed by atoms with Crippen molar-refractivity contribution in [2.75, 3.05) is 0 Å². The van der Waals surface area contributed by atoms with Gasteiger partial charge in [0.2, 0.25) is 0 Å². The van der Waals surface area contributed by atoms with Gasteiger partial charge in [-0.2, -0.15) is 0 Å². The molecule has 1 aliphatic carbocycles. The van der Waals surface area contributed by atoms with E-state index < -0.39 is 0 Å². The molecule has 2 heteroatoms. The topological polar surface area (TPSA) is 17.1 Å².